The summed E-state index contributed by atoms with van der Waals surface area (Å²) < 4.78 is 0. The van der Waals surface area contributed by atoms with Crippen molar-refractivity contribution in [3.63, 3.8) is 0 Å². The van der Waals surface area contributed by atoms with Gasteiger partial charge in [-0.05, 0) is 12.0 Å². The summed E-state index contributed by atoms with van der Waals surface area (Å²) in [5.41, 5.74) is 4.24. The minimum absolute atomic E-state index is 0.172. The van der Waals surface area contributed by atoms with Gasteiger partial charge in [-0.15, -0.1) is 0 Å². The molecular weight excluding hydrogens is 138 g/mol. The van der Waals surface area contributed by atoms with E-state index in [1.165, 1.54) is 5.57 Å². The molecule has 0 aromatic heterocycles. The summed E-state index contributed by atoms with van der Waals surface area (Å²) in [5, 5.41) is 3.96. The van der Waals surface area contributed by atoms with Gasteiger partial charge in [0.25, 0.3) is 0 Å². The van der Waals surface area contributed by atoms with Crippen molar-refractivity contribution in [2.24, 2.45) is 16.0 Å². The molecule has 0 aliphatic carbocycles. The average molecular weight is 149 g/mol. The first-order valence-corrected chi connectivity index (χ1v) is 3.92. The Balaban J connectivity index is 2.19. The van der Waals surface area contributed by atoms with Gasteiger partial charge in [0.05, 0.1) is 5.92 Å². The van der Waals surface area contributed by atoms with Gasteiger partial charge in [0, 0.05) is 12.4 Å². The van der Waals surface area contributed by atoms with Crippen LogP contribution in [0.3, 0.4) is 0 Å². The van der Waals surface area contributed by atoms with Crippen LogP contribution in [0.2, 0.25) is 0 Å². The van der Waals surface area contributed by atoms with E-state index in [0.29, 0.717) is 5.92 Å². The zero-order valence-electron chi connectivity index (χ0n) is 6.49. The fourth-order valence-electron chi connectivity index (χ4n) is 1.32. The van der Waals surface area contributed by atoms with E-state index in [1.807, 2.05) is 12.4 Å². The summed E-state index contributed by atoms with van der Waals surface area (Å²) in [6.45, 7) is 2.14. The Kier molecular flexibility index (Phi) is 1.49. The maximum Gasteiger partial charge on any atom is 0.145 e. The molecule has 2 unspecified atom stereocenters. The molecule has 58 valence electrons. The van der Waals surface area contributed by atoms with Crippen LogP contribution in [0.25, 0.3) is 0 Å². The molecule has 2 atom stereocenters. The number of dihydropyridines is 1. The molecule has 0 spiro atoms. The van der Waals surface area contributed by atoms with E-state index in [4.69, 9.17) is 0 Å². The van der Waals surface area contributed by atoms with Gasteiger partial charge in [-0.1, -0.05) is 13.0 Å². The van der Waals surface area contributed by atoms with Gasteiger partial charge in [-0.25, -0.2) is 0 Å². The lowest BCUT2D eigenvalue weighted by Gasteiger charge is -2.15. The Morgan fingerprint density at radius 3 is 3.36 bits per heavy atom. The highest BCUT2D eigenvalue weighted by molar-refractivity contribution is 5.82. The van der Waals surface area contributed by atoms with Crippen LogP contribution in [0.1, 0.15) is 13.3 Å². The van der Waals surface area contributed by atoms with E-state index < -0.39 is 0 Å². The molecular formula is C8H11N3. The fraction of sp³-hybridized carbons (Fsp3) is 0.500. The van der Waals surface area contributed by atoms with Crippen molar-refractivity contribution in [1.29, 1.82) is 0 Å². The first kappa shape index (κ1) is 6.58. The number of allylic oxidation sites excluding steroid dienone is 1. The Labute approximate surface area is 65.9 Å². The molecule has 0 saturated heterocycles. The topological polar surface area (TPSA) is 36.8 Å². The molecule has 1 N–H and O–H groups in total. The number of hydrogen-bond donors (Lipinski definition) is 1. The highest BCUT2D eigenvalue weighted by Crippen LogP contribution is 2.17. The summed E-state index contributed by atoms with van der Waals surface area (Å²) >= 11 is 0. The lowest BCUT2D eigenvalue weighted by atomic mass is 10.0. The normalized spacial score (nSPS) is 33.0. The summed E-state index contributed by atoms with van der Waals surface area (Å²) in [4.78, 5) is 4.31. The second-order valence-electron chi connectivity index (χ2n) is 2.80. The molecule has 3 heteroatoms. The number of nitrogens with zero attached hydrogens (tertiary/aromatic N) is 2. The van der Waals surface area contributed by atoms with Crippen LogP contribution in [0, 0.1) is 5.92 Å². The van der Waals surface area contributed by atoms with Gasteiger partial charge >= 0.3 is 0 Å². The number of fused-ring (bicyclic) bond motifs is 1. The molecule has 2 heterocycles. The molecule has 2 aliphatic heterocycles. The van der Waals surface area contributed by atoms with Gasteiger partial charge in [0.1, 0.15) is 6.17 Å². The number of aliphatic imine (C=N–C) groups is 1. The molecule has 0 amide bonds. The Morgan fingerprint density at radius 2 is 2.55 bits per heavy atom. The first-order valence-electron chi connectivity index (χ1n) is 3.92. The fourth-order valence-corrected chi connectivity index (χ4v) is 1.32. The molecule has 0 radical (unpaired) electrons. The SMILES string of the molecule is CCC1=CC2C=NNC2N=C1. The number of hydrazone groups is 1. The smallest absolute Gasteiger partial charge is 0.145 e. The molecule has 0 aromatic rings. The minimum atomic E-state index is 0.172. The lowest BCUT2D eigenvalue weighted by molar-refractivity contribution is 0.547. The molecule has 0 fully saturated rings. The van der Waals surface area contributed by atoms with Gasteiger partial charge in [0.2, 0.25) is 0 Å². The standard InChI is InChI=1S/C8H11N3/c1-2-6-3-7-5-10-11-8(7)9-4-6/h3-5,7-8,11H,2H2,1H3. The first-order chi connectivity index (χ1) is 5.40. The second kappa shape index (κ2) is 2.49. The maximum atomic E-state index is 4.31. The van der Waals surface area contributed by atoms with Gasteiger partial charge < -0.3 is 0 Å². The molecule has 3 nitrogen and oxygen atoms in total. The third kappa shape index (κ3) is 1.06. The summed E-state index contributed by atoms with van der Waals surface area (Å²) in [6.07, 6.45) is 7.30. The second-order valence-corrected chi connectivity index (χ2v) is 2.80. The quantitative estimate of drug-likeness (QED) is 0.591. The van der Waals surface area contributed by atoms with Crippen LogP contribution < -0.4 is 5.43 Å². The van der Waals surface area contributed by atoms with Crippen LogP contribution in [-0.4, -0.2) is 18.6 Å². The predicted octanol–water partition coefficient (Wildman–Crippen LogP) is 0.939. The van der Waals surface area contributed by atoms with Crippen molar-refractivity contribution in [2.75, 3.05) is 0 Å². The summed E-state index contributed by atoms with van der Waals surface area (Å²) in [6, 6.07) is 0. The Morgan fingerprint density at radius 1 is 1.64 bits per heavy atom. The highest BCUT2D eigenvalue weighted by atomic mass is 15.4. The molecule has 11 heavy (non-hydrogen) atoms. The predicted molar refractivity (Wildman–Crippen MR) is 45.8 cm³/mol. The Bertz CT molecular complexity index is 240. The van der Waals surface area contributed by atoms with E-state index in [1.54, 1.807) is 0 Å². The monoisotopic (exact) mass is 149 g/mol. The minimum Gasteiger partial charge on any atom is -0.285 e. The van der Waals surface area contributed by atoms with Crippen LogP contribution in [-0.2, 0) is 0 Å². The molecule has 0 aromatic carbocycles. The Hall–Kier alpha value is -1.12. The number of nitrogens with one attached hydrogen (secondary N) is 1. The maximum absolute atomic E-state index is 4.31. The van der Waals surface area contributed by atoms with Crippen molar-refractivity contribution >= 4 is 12.4 Å². The van der Waals surface area contributed by atoms with E-state index in [0.717, 1.165) is 6.42 Å². The molecule has 2 aliphatic rings. The van der Waals surface area contributed by atoms with E-state index in [9.17, 15) is 0 Å². The van der Waals surface area contributed by atoms with Gasteiger partial charge in [-0.2, -0.15) is 5.10 Å². The van der Waals surface area contributed by atoms with Crippen molar-refractivity contribution in [1.82, 2.24) is 5.43 Å². The third-order valence-electron chi connectivity index (χ3n) is 2.03. The molecule has 0 saturated carbocycles. The number of rotatable bonds is 1. The van der Waals surface area contributed by atoms with Crippen LogP contribution >= 0.6 is 0 Å². The molecule has 2 rings (SSSR count). The van der Waals surface area contributed by atoms with Gasteiger partial charge in [-0.3, -0.25) is 10.4 Å². The largest absolute Gasteiger partial charge is 0.285 e. The highest BCUT2D eigenvalue weighted by Gasteiger charge is 2.23. The van der Waals surface area contributed by atoms with Crippen molar-refractivity contribution in [3.05, 3.63) is 11.6 Å². The zero-order valence-corrected chi connectivity index (χ0v) is 6.49. The molecule has 0 bridgehead atoms. The zero-order chi connectivity index (χ0) is 7.68. The van der Waals surface area contributed by atoms with Crippen molar-refractivity contribution in [3.8, 4) is 0 Å². The summed E-state index contributed by atoms with van der Waals surface area (Å²) in [7, 11) is 0. The van der Waals surface area contributed by atoms with Crippen molar-refractivity contribution < 1.29 is 0 Å². The van der Waals surface area contributed by atoms with E-state index in [-0.39, 0.29) is 6.17 Å². The van der Waals surface area contributed by atoms with E-state index >= 15 is 0 Å². The lowest BCUT2D eigenvalue weighted by Crippen LogP contribution is -2.26. The van der Waals surface area contributed by atoms with Crippen LogP contribution in [0.5, 0.6) is 0 Å². The average Bonchev–Trinajstić information content (AvgIpc) is 2.50. The van der Waals surface area contributed by atoms with Crippen LogP contribution in [0.4, 0.5) is 0 Å². The van der Waals surface area contributed by atoms with Crippen LogP contribution in [0.15, 0.2) is 21.7 Å². The van der Waals surface area contributed by atoms with Gasteiger partial charge in [0.15, 0.2) is 0 Å². The third-order valence-corrected chi connectivity index (χ3v) is 2.03. The van der Waals surface area contributed by atoms with E-state index in [2.05, 4.69) is 28.5 Å². The van der Waals surface area contributed by atoms with Crippen molar-refractivity contribution in [2.45, 2.75) is 19.5 Å². The summed E-state index contributed by atoms with van der Waals surface area (Å²) in [5.74, 6) is 0.384. The number of hydrogen-bond acceptors (Lipinski definition) is 3.